The molecule has 2 aromatic rings. The second kappa shape index (κ2) is 5.41. The minimum absolute atomic E-state index is 0.0426. The number of anilines is 1. The lowest BCUT2D eigenvalue weighted by atomic mass is 9.92. The number of carbonyl (C=O) groups excluding carboxylic acids is 1. The highest BCUT2D eigenvalue weighted by atomic mass is 32.1. The van der Waals surface area contributed by atoms with Crippen molar-refractivity contribution in [3.63, 3.8) is 0 Å². The van der Waals surface area contributed by atoms with Crippen molar-refractivity contribution in [1.29, 1.82) is 0 Å². The molecule has 0 unspecified atom stereocenters. The number of likely N-dealkylation sites (tertiary alicyclic amines) is 1. The molecule has 1 amide bonds. The van der Waals surface area contributed by atoms with Crippen LogP contribution < -0.4 is 10.6 Å². The topological polar surface area (TPSA) is 44.4 Å². The van der Waals surface area contributed by atoms with Gasteiger partial charge in [0.15, 0.2) is 0 Å². The summed E-state index contributed by atoms with van der Waals surface area (Å²) in [5.41, 5.74) is 1.42. The second-order valence-corrected chi connectivity index (χ2v) is 7.09. The zero-order valence-electron chi connectivity index (χ0n) is 12.3. The number of hydrogen-bond donors (Lipinski definition) is 2. The van der Waals surface area contributed by atoms with Gasteiger partial charge in [-0.05, 0) is 23.6 Å². The minimum atomic E-state index is -0.280. The first-order valence-corrected chi connectivity index (χ1v) is 8.57. The molecule has 0 atom stereocenters. The van der Waals surface area contributed by atoms with Gasteiger partial charge in [-0.25, -0.2) is 0 Å². The van der Waals surface area contributed by atoms with Crippen molar-refractivity contribution in [2.75, 3.05) is 18.4 Å². The van der Waals surface area contributed by atoms with E-state index in [0.717, 1.165) is 43.7 Å². The molecule has 1 aromatic carbocycles. The first kappa shape index (κ1) is 13.8. The molecule has 1 spiro atoms. The number of fused-ring (bicyclic) bond motifs is 1. The Bertz CT molecular complexity index is 675. The van der Waals surface area contributed by atoms with Crippen LogP contribution in [0.15, 0.2) is 41.8 Å². The van der Waals surface area contributed by atoms with Crippen LogP contribution in [0.5, 0.6) is 0 Å². The average molecular weight is 313 g/mol. The highest BCUT2D eigenvalue weighted by Crippen LogP contribution is 2.31. The number of para-hydroxylation sites is 1. The van der Waals surface area contributed by atoms with Gasteiger partial charge in [-0.3, -0.25) is 9.69 Å². The largest absolute Gasteiger partial charge is 0.362 e. The molecule has 3 heterocycles. The molecular weight excluding hydrogens is 294 g/mol. The molecule has 1 fully saturated rings. The molecule has 2 aliphatic rings. The molecule has 22 heavy (non-hydrogen) atoms. The number of hydrogen-bond acceptors (Lipinski definition) is 4. The van der Waals surface area contributed by atoms with E-state index in [1.807, 2.05) is 35.6 Å². The molecule has 4 nitrogen and oxygen atoms in total. The molecule has 0 aliphatic carbocycles. The summed E-state index contributed by atoms with van der Waals surface area (Å²) in [6.07, 6.45) is 1.86. The first-order valence-electron chi connectivity index (χ1n) is 7.69. The van der Waals surface area contributed by atoms with Crippen molar-refractivity contribution in [3.8, 4) is 0 Å². The SMILES string of the molecule is O=C1NC2(CCN(Cc3cccs3)CC2)Nc2ccccc21. The fraction of sp³-hybridized carbons (Fsp3) is 0.353. The fourth-order valence-electron chi connectivity index (χ4n) is 3.33. The Kier molecular flexibility index (Phi) is 3.39. The summed E-state index contributed by atoms with van der Waals surface area (Å²) < 4.78 is 0. The summed E-state index contributed by atoms with van der Waals surface area (Å²) in [6.45, 7) is 3.00. The quantitative estimate of drug-likeness (QED) is 0.896. The molecular formula is C17H19N3OS. The van der Waals surface area contributed by atoms with Crippen LogP contribution in [0.3, 0.4) is 0 Å². The smallest absolute Gasteiger partial charge is 0.255 e. The Balaban J connectivity index is 1.46. The summed E-state index contributed by atoms with van der Waals surface area (Å²) in [5, 5.41) is 8.88. The van der Waals surface area contributed by atoms with Crippen LogP contribution >= 0.6 is 11.3 Å². The number of amides is 1. The molecule has 0 saturated carbocycles. The average Bonchev–Trinajstić information content (AvgIpc) is 3.03. The van der Waals surface area contributed by atoms with Crippen molar-refractivity contribution in [2.45, 2.75) is 25.0 Å². The first-order chi connectivity index (χ1) is 10.7. The summed E-state index contributed by atoms with van der Waals surface area (Å²) in [6, 6.07) is 12.0. The van der Waals surface area contributed by atoms with Gasteiger partial charge in [0.05, 0.1) is 5.56 Å². The normalized spacial score (nSPS) is 20.3. The molecule has 5 heteroatoms. The third-order valence-electron chi connectivity index (χ3n) is 4.57. The zero-order chi connectivity index (χ0) is 15.0. The van der Waals surface area contributed by atoms with E-state index in [1.165, 1.54) is 4.88 Å². The highest BCUT2D eigenvalue weighted by Gasteiger charge is 2.39. The molecule has 2 aliphatic heterocycles. The number of thiophene rings is 1. The van der Waals surface area contributed by atoms with Crippen LogP contribution in [-0.2, 0) is 6.54 Å². The van der Waals surface area contributed by atoms with Gasteiger partial charge in [-0.1, -0.05) is 18.2 Å². The molecule has 0 radical (unpaired) electrons. The van der Waals surface area contributed by atoms with Gasteiger partial charge >= 0.3 is 0 Å². The van der Waals surface area contributed by atoms with Gasteiger partial charge in [0.2, 0.25) is 0 Å². The maximum absolute atomic E-state index is 12.3. The van der Waals surface area contributed by atoms with Gasteiger partial charge in [0, 0.05) is 43.0 Å². The van der Waals surface area contributed by atoms with E-state index >= 15 is 0 Å². The molecule has 0 bridgehead atoms. The van der Waals surface area contributed by atoms with Crippen LogP contribution in [0.1, 0.15) is 28.1 Å². The van der Waals surface area contributed by atoms with E-state index in [-0.39, 0.29) is 11.6 Å². The van der Waals surface area contributed by atoms with E-state index in [9.17, 15) is 4.79 Å². The summed E-state index contributed by atoms with van der Waals surface area (Å²) in [5.74, 6) is 0.0426. The minimum Gasteiger partial charge on any atom is -0.362 e. The fourth-order valence-corrected chi connectivity index (χ4v) is 4.08. The molecule has 1 saturated heterocycles. The van der Waals surface area contributed by atoms with Crippen LogP contribution in [0.4, 0.5) is 5.69 Å². The molecule has 2 N–H and O–H groups in total. The van der Waals surface area contributed by atoms with E-state index in [0.29, 0.717) is 0 Å². The third-order valence-corrected chi connectivity index (χ3v) is 5.43. The summed E-state index contributed by atoms with van der Waals surface area (Å²) >= 11 is 1.81. The van der Waals surface area contributed by atoms with Crippen molar-refractivity contribution >= 4 is 22.9 Å². The van der Waals surface area contributed by atoms with Gasteiger partial charge in [0.25, 0.3) is 5.91 Å². The predicted octanol–water partition coefficient (Wildman–Crippen LogP) is 2.90. The second-order valence-electron chi connectivity index (χ2n) is 6.06. The number of nitrogens with one attached hydrogen (secondary N) is 2. The standard InChI is InChI=1S/C17H19N3OS/c21-16-14-5-1-2-6-15(14)18-17(19-16)7-9-20(10-8-17)12-13-4-3-11-22-13/h1-6,11,18H,7-10,12H2,(H,19,21). The number of piperidine rings is 1. The Labute approximate surface area is 134 Å². The van der Waals surface area contributed by atoms with Gasteiger partial charge in [-0.2, -0.15) is 0 Å². The van der Waals surface area contributed by atoms with E-state index in [4.69, 9.17) is 0 Å². The lowest BCUT2D eigenvalue weighted by Crippen LogP contribution is -2.62. The van der Waals surface area contributed by atoms with Crippen LogP contribution in [-0.4, -0.2) is 29.6 Å². The molecule has 114 valence electrons. The van der Waals surface area contributed by atoms with Gasteiger partial charge in [-0.15, -0.1) is 11.3 Å². The van der Waals surface area contributed by atoms with E-state index < -0.39 is 0 Å². The number of rotatable bonds is 2. The Morgan fingerprint density at radius 1 is 1.09 bits per heavy atom. The van der Waals surface area contributed by atoms with E-state index in [2.05, 4.69) is 33.0 Å². The molecule has 1 aromatic heterocycles. The monoisotopic (exact) mass is 313 g/mol. The summed E-state index contributed by atoms with van der Waals surface area (Å²) in [4.78, 5) is 16.2. The van der Waals surface area contributed by atoms with Crippen molar-refractivity contribution < 1.29 is 4.79 Å². The number of carbonyl (C=O) groups is 1. The Hall–Kier alpha value is -1.85. The highest BCUT2D eigenvalue weighted by molar-refractivity contribution is 7.09. The van der Waals surface area contributed by atoms with Crippen molar-refractivity contribution in [2.24, 2.45) is 0 Å². The van der Waals surface area contributed by atoms with Crippen LogP contribution in [0, 0.1) is 0 Å². The van der Waals surface area contributed by atoms with Crippen LogP contribution in [0.25, 0.3) is 0 Å². The predicted molar refractivity (Wildman–Crippen MR) is 89.1 cm³/mol. The Morgan fingerprint density at radius 2 is 1.91 bits per heavy atom. The maximum Gasteiger partial charge on any atom is 0.255 e. The third kappa shape index (κ3) is 2.51. The van der Waals surface area contributed by atoms with Gasteiger partial charge < -0.3 is 10.6 Å². The zero-order valence-corrected chi connectivity index (χ0v) is 13.2. The van der Waals surface area contributed by atoms with E-state index in [1.54, 1.807) is 0 Å². The van der Waals surface area contributed by atoms with Crippen LogP contribution in [0.2, 0.25) is 0 Å². The summed E-state index contributed by atoms with van der Waals surface area (Å²) in [7, 11) is 0. The molecule has 4 rings (SSSR count). The van der Waals surface area contributed by atoms with Crippen molar-refractivity contribution in [1.82, 2.24) is 10.2 Å². The number of benzene rings is 1. The maximum atomic E-state index is 12.3. The van der Waals surface area contributed by atoms with Gasteiger partial charge in [0.1, 0.15) is 5.66 Å². The lowest BCUT2D eigenvalue weighted by molar-refractivity contribution is 0.0823. The Morgan fingerprint density at radius 3 is 2.68 bits per heavy atom. The lowest BCUT2D eigenvalue weighted by Gasteiger charge is -2.45. The number of nitrogens with zero attached hydrogens (tertiary/aromatic N) is 1. The van der Waals surface area contributed by atoms with Crippen molar-refractivity contribution in [3.05, 3.63) is 52.2 Å².